The molecule has 0 unspecified atom stereocenters. The molecule has 1 N–H and O–H groups in total. The van der Waals surface area contributed by atoms with Gasteiger partial charge in [-0.15, -0.1) is 0 Å². The molecule has 2 aromatic rings. The quantitative estimate of drug-likeness (QED) is 0.844. The van der Waals surface area contributed by atoms with Gasteiger partial charge >= 0.3 is 0 Å². The highest BCUT2D eigenvalue weighted by atomic mass is 16.5. The lowest BCUT2D eigenvalue weighted by Gasteiger charge is -2.33. The number of hydrogen-bond donors (Lipinski definition) is 1. The predicted molar refractivity (Wildman–Crippen MR) is 105 cm³/mol. The minimum Gasteiger partial charge on any atom is -0.497 e. The van der Waals surface area contributed by atoms with Crippen LogP contribution in [0, 0.1) is 0 Å². The van der Waals surface area contributed by atoms with Gasteiger partial charge in [0.1, 0.15) is 17.2 Å². The molecule has 0 saturated carbocycles. The number of anilines is 1. The zero-order chi connectivity index (χ0) is 19.2. The second kappa shape index (κ2) is 8.66. The number of carbonyl (C=O) groups is 1. The van der Waals surface area contributed by atoms with Crippen LogP contribution in [0.4, 0.5) is 5.69 Å². The summed E-state index contributed by atoms with van der Waals surface area (Å²) in [6.45, 7) is 1.43. The Hall–Kier alpha value is -2.89. The van der Waals surface area contributed by atoms with Crippen LogP contribution in [-0.2, 0) is 0 Å². The van der Waals surface area contributed by atoms with Gasteiger partial charge in [0.25, 0.3) is 5.91 Å². The molecule has 1 amide bonds. The number of rotatable bonds is 6. The van der Waals surface area contributed by atoms with Gasteiger partial charge in [0.05, 0.1) is 27.0 Å². The number of piperidine rings is 1. The van der Waals surface area contributed by atoms with Crippen LogP contribution in [0.25, 0.3) is 0 Å². The number of hydrogen-bond acceptors (Lipinski definition) is 5. The van der Waals surface area contributed by atoms with Crippen molar-refractivity contribution in [3.8, 4) is 17.2 Å². The number of likely N-dealkylation sites (tertiary alicyclic amines) is 1. The lowest BCUT2D eigenvalue weighted by Crippen LogP contribution is -2.42. The highest BCUT2D eigenvalue weighted by Crippen LogP contribution is 2.31. The largest absolute Gasteiger partial charge is 0.497 e. The molecule has 0 atom stereocenters. The van der Waals surface area contributed by atoms with Gasteiger partial charge in [-0.2, -0.15) is 0 Å². The molecule has 0 radical (unpaired) electrons. The summed E-state index contributed by atoms with van der Waals surface area (Å²) >= 11 is 0. The van der Waals surface area contributed by atoms with Crippen molar-refractivity contribution in [2.45, 2.75) is 18.9 Å². The number of carbonyl (C=O) groups excluding carboxylic acids is 1. The van der Waals surface area contributed by atoms with Crippen molar-refractivity contribution < 1.29 is 19.0 Å². The van der Waals surface area contributed by atoms with E-state index in [4.69, 9.17) is 14.2 Å². The first-order valence-electron chi connectivity index (χ1n) is 9.06. The van der Waals surface area contributed by atoms with Gasteiger partial charge in [0.2, 0.25) is 0 Å². The van der Waals surface area contributed by atoms with Crippen molar-refractivity contribution in [2.24, 2.45) is 0 Å². The Labute approximate surface area is 160 Å². The van der Waals surface area contributed by atoms with Crippen LogP contribution in [0.5, 0.6) is 17.2 Å². The molecule has 0 aromatic heterocycles. The summed E-state index contributed by atoms with van der Waals surface area (Å²) in [7, 11) is 4.89. The Morgan fingerprint density at radius 1 is 0.963 bits per heavy atom. The van der Waals surface area contributed by atoms with E-state index in [1.807, 2.05) is 41.3 Å². The highest BCUT2D eigenvalue weighted by Gasteiger charge is 2.24. The van der Waals surface area contributed by atoms with E-state index in [-0.39, 0.29) is 5.91 Å². The number of nitrogens with zero attached hydrogens (tertiary/aromatic N) is 1. The summed E-state index contributed by atoms with van der Waals surface area (Å²) in [4.78, 5) is 14.6. The Bertz CT molecular complexity index is 786. The number of nitrogens with one attached hydrogen (secondary N) is 1. The molecule has 0 spiro atoms. The third-order valence-corrected chi connectivity index (χ3v) is 4.87. The van der Waals surface area contributed by atoms with Crippen molar-refractivity contribution in [3.63, 3.8) is 0 Å². The van der Waals surface area contributed by atoms with Gasteiger partial charge < -0.3 is 24.4 Å². The molecule has 6 nitrogen and oxygen atoms in total. The predicted octanol–water partition coefficient (Wildman–Crippen LogP) is 3.43. The molecule has 0 aliphatic carbocycles. The third kappa shape index (κ3) is 4.45. The second-order valence-corrected chi connectivity index (χ2v) is 6.51. The van der Waals surface area contributed by atoms with E-state index in [0.29, 0.717) is 30.4 Å². The van der Waals surface area contributed by atoms with Gasteiger partial charge in [0.15, 0.2) is 0 Å². The van der Waals surface area contributed by atoms with Crippen molar-refractivity contribution in [1.29, 1.82) is 0 Å². The van der Waals surface area contributed by atoms with Crippen molar-refractivity contribution in [3.05, 3.63) is 48.0 Å². The summed E-state index contributed by atoms with van der Waals surface area (Å²) in [6.07, 6.45) is 1.76. The molecule has 0 bridgehead atoms. The first-order valence-corrected chi connectivity index (χ1v) is 9.06. The molecule has 3 rings (SSSR count). The van der Waals surface area contributed by atoms with Crippen LogP contribution in [0.15, 0.2) is 42.5 Å². The van der Waals surface area contributed by atoms with Crippen LogP contribution in [-0.4, -0.2) is 51.3 Å². The zero-order valence-electron chi connectivity index (χ0n) is 16.0. The SMILES string of the molecule is COc1cccc(C(=O)N2CCC(Nc3ccc(OC)cc3OC)CC2)c1. The fraction of sp³-hybridized carbons (Fsp3) is 0.381. The Morgan fingerprint density at radius 3 is 2.33 bits per heavy atom. The minimum atomic E-state index is 0.0504. The number of benzene rings is 2. The van der Waals surface area contributed by atoms with Crippen molar-refractivity contribution in [2.75, 3.05) is 39.7 Å². The molecule has 1 aliphatic rings. The molecule has 1 heterocycles. The zero-order valence-corrected chi connectivity index (χ0v) is 16.0. The topological polar surface area (TPSA) is 60.0 Å². The number of ether oxygens (including phenoxy) is 3. The maximum Gasteiger partial charge on any atom is 0.253 e. The second-order valence-electron chi connectivity index (χ2n) is 6.51. The van der Waals surface area contributed by atoms with Gasteiger partial charge in [0, 0.05) is 30.8 Å². The molecule has 1 saturated heterocycles. The first kappa shape index (κ1) is 18.9. The molecular weight excluding hydrogens is 344 g/mol. The fourth-order valence-corrected chi connectivity index (χ4v) is 3.30. The maximum absolute atomic E-state index is 12.7. The van der Waals surface area contributed by atoms with E-state index in [1.54, 1.807) is 27.4 Å². The molecule has 1 fully saturated rings. The van der Waals surface area contributed by atoms with Crippen molar-refractivity contribution in [1.82, 2.24) is 4.90 Å². The van der Waals surface area contributed by atoms with Crippen LogP contribution in [0.1, 0.15) is 23.2 Å². The van der Waals surface area contributed by atoms with Crippen LogP contribution in [0.3, 0.4) is 0 Å². The Morgan fingerprint density at radius 2 is 1.67 bits per heavy atom. The van der Waals surface area contributed by atoms with Gasteiger partial charge in [-0.05, 0) is 43.2 Å². The monoisotopic (exact) mass is 370 g/mol. The summed E-state index contributed by atoms with van der Waals surface area (Å²) in [6, 6.07) is 13.3. The lowest BCUT2D eigenvalue weighted by molar-refractivity contribution is 0.0718. The van der Waals surface area contributed by atoms with Gasteiger partial charge in [-0.25, -0.2) is 0 Å². The van der Waals surface area contributed by atoms with E-state index >= 15 is 0 Å². The van der Waals surface area contributed by atoms with Crippen LogP contribution >= 0.6 is 0 Å². The molecule has 144 valence electrons. The molecule has 2 aromatic carbocycles. The normalized spacial score (nSPS) is 14.6. The van der Waals surface area contributed by atoms with Crippen molar-refractivity contribution >= 4 is 11.6 Å². The molecule has 27 heavy (non-hydrogen) atoms. The summed E-state index contributed by atoms with van der Waals surface area (Å²) in [5, 5.41) is 3.53. The molecular formula is C21H26N2O4. The Kier molecular flexibility index (Phi) is 6.06. The van der Waals surface area contributed by atoms with E-state index < -0.39 is 0 Å². The third-order valence-electron chi connectivity index (χ3n) is 4.87. The van der Waals surface area contributed by atoms with E-state index in [0.717, 1.165) is 30.0 Å². The van der Waals surface area contributed by atoms with Crippen LogP contribution in [0.2, 0.25) is 0 Å². The van der Waals surface area contributed by atoms with E-state index in [9.17, 15) is 4.79 Å². The summed E-state index contributed by atoms with van der Waals surface area (Å²) in [5.41, 5.74) is 1.61. The minimum absolute atomic E-state index is 0.0504. The van der Waals surface area contributed by atoms with Gasteiger partial charge in [-0.3, -0.25) is 4.79 Å². The fourth-order valence-electron chi connectivity index (χ4n) is 3.30. The first-order chi connectivity index (χ1) is 13.1. The Balaban J connectivity index is 1.59. The molecule has 1 aliphatic heterocycles. The lowest BCUT2D eigenvalue weighted by atomic mass is 10.0. The number of methoxy groups -OCH3 is 3. The standard InChI is InChI=1S/C21H26N2O4/c1-25-17-6-4-5-15(13-17)21(24)23-11-9-16(10-12-23)22-19-8-7-18(26-2)14-20(19)27-3/h4-8,13-14,16,22H,9-12H2,1-3H3. The summed E-state index contributed by atoms with van der Waals surface area (Å²) in [5.74, 6) is 2.26. The smallest absolute Gasteiger partial charge is 0.253 e. The highest BCUT2D eigenvalue weighted by molar-refractivity contribution is 5.94. The van der Waals surface area contributed by atoms with E-state index in [2.05, 4.69) is 5.32 Å². The van der Waals surface area contributed by atoms with E-state index in [1.165, 1.54) is 0 Å². The number of amides is 1. The van der Waals surface area contributed by atoms with Crippen LogP contribution < -0.4 is 19.5 Å². The molecule has 6 heteroatoms. The average molecular weight is 370 g/mol. The maximum atomic E-state index is 12.7. The average Bonchev–Trinajstić information content (AvgIpc) is 2.74. The summed E-state index contributed by atoms with van der Waals surface area (Å²) < 4.78 is 15.9. The van der Waals surface area contributed by atoms with Gasteiger partial charge in [-0.1, -0.05) is 6.07 Å².